The molecule has 3 N–H and O–H groups in total. The molecule has 0 aromatic heterocycles. The van der Waals surface area contributed by atoms with Crippen LogP contribution in [0, 0.1) is 11.6 Å². The van der Waals surface area contributed by atoms with Gasteiger partial charge in [0, 0.05) is 25.6 Å². The van der Waals surface area contributed by atoms with Crippen LogP contribution >= 0.6 is 12.4 Å². The molecule has 0 radical (unpaired) electrons. The van der Waals surface area contributed by atoms with Gasteiger partial charge in [0.25, 0.3) is 0 Å². The van der Waals surface area contributed by atoms with E-state index in [1.165, 1.54) is 5.56 Å². The van der Waals surface area contributed by atoms with Crippen molar-refractivity contribution in [3.8, 4) is 0 Å². The van der Waals surface area contributed by atoms with E-state index in [9.17, 15) is 27.1 Å². The number of hydrogen-bond donors (Lipinski definition) is 3. The Morgan fingerprint density at radius 2 is 1.56 bits per heavy atom. The Bertz CT molecular complexity index is 1110. The topological polar surface area (TPSA) is 95.5 Å². The quantitative estimate of drug-likeness (QED) is 0.244. The van der Waals surface area contributed by atoms with Gasteiger partial charge in [0.05, 0.1) is 23.1 Å². The number of carbonyl (C=O) groups is 1. The Morgan fingerprint density at radius 3 is 2.15 bits per heavy atom. The molecule has 0 aliphatic carbocycles. The SMILES string of the molecule is CCCC(CCC)S(=O)(=O)CCC(=O)N[C@@H](Cc1cc(F)cc(F)c1)[C@@H](O)CNCc1cccc(CC)c1.Cl. The Hall–Kier alpha value is -2.07. The molecule has 220 valence electrons. The summed E-state index contributed by atoms with van der Waals surface area (Å²) in [4.78, 5) is 12.8. The summed E-state index contributed by atoms with van der Waals surface area (Å²) in [5.74, 6) is -2.32. The zero-order valence-electron chi connectivity index (χ0n) is 23.1. The largest absolute Gasteiger partial charge is 0.390 e. The molecule has 0 bridgehead atoms. The highest BCUT2D eigenvalue weighted by atomic mass is 35.5. The smallest absolute Gasteiger partial charge is 0.221 e. The normalized spacial score (nSPS) is 13.1. The van der Waals surface area contributed by atoms with Crippen LogP contribution in [0.25, 0.3) is 0 Å². The second-order valence-corrected chi connectivity index (χ2v) is 12.2. The van der Waals surface area contributed by atoms with Gasteiger partial charge in [-0.2, -0.15) is 0 Å². The fourth-order valence-corrected chi connectivity index (χ4v) is 6.55. The number of nitrogens with one attached hydrogen (secondary N) is 2. The van der Waals surface area contributed by atoms with Crippen molar-refractivity contribution in [1.82, 2.24) is 10.6 Å². The number of sulfone groups is 1. The highest BCUT2D eigenvalue weighted by Gasteiger charge is 2.27. The zero-order chi connectivity index (χ0) is 28.1. The average molecular weight is 589 g/mol. The van der Waals surface area contributed by atoms with Gasteiger partial charge in [-0.3, -0.25) is 4.79 Å². The third kappa shape index (κ3) is 12.3. The zero-order valence-corrected chi connectivity index (χ0v) is 24.7. The van der Waals surface area contributed by atoms with Gasteiger partial charge in [-0.1, -0.05) is 57.9 Å². The van der Waals surface area contributed by atoms with Crippen molar-refractivity contribution >= 4 is 28.2 Å². The highest BCUT2D eigenvalue weighted by molar-refractivity contribution is 7.92. The number of rotatable bonds is 17. The van der Waals surface area contributed by atoms with Gasteiger partial charge in [-0.25, -0.2) is 17.2 Å². The van der Waals surface area contributed by atoms with Crippen molar-refractivity contribution in [3.05, 3.63) is 70.8 Å². The first-order valence-corrected chi connectivity index (χ1v) is 15.2. The molecule has 0 aliphatic rings. The molecule has 39 heavy (non-hydrogen) atoms. The summed E-state index contributed by atoms with van der Waals surface area (Å²) < 4.78 is 53.2. The number of halogens is 3. The van der Waals surface area contributed by atoms with E-state index < -0.39 is 44.8 Å². The van der Waals surface area contributed by atoms with Crippen LogP contribution < -0.4 is 10.6 Å². The minimum atomic E-state index is -3.45. The van der Waals surface area contributed by atoms with E-state index in [1.54, 1.807) is 0 Å². The van der Waals surface area contributed by atoms with Crippen LogP contribution in [0.3, 0.4) is 0 Å². The van der Waals surface area contributed by atoms with E-state index in [-0.39, 0.29) is 43.1 Å². The number of aryl methyl sites for hydroxylation is 1. The number of aliphatic hydroxyl groups is 1. The standard InChI is InChI=1S/C29H42F2N2O4S.ClH/c1-4-8-26(9-5-2)38(36,37)13-12-29(35)33-27(17-23-15-24(30)18-25(31)16-23)28(34)20-32-19-22-11-7-10-21(6-3)14-22;/h7,10-11,14-16,18,26-28,32,34H,4-6,8-9,12-13,17,19-20H2,1-3H3,(H,33,35);1H/t27-,28-;/m0./s1. The molecule has 0 saturated carbocycles. The van der Waals surface area contributed by atoms with Gasteiger partial charge in [-0.15, -0.1) is 12.4 Å². The van der Waals surface area contributed by atoms with E-state index in [2.05, 4.69) is 23.6 Å². The molecular formula is C29H43ClF2N2O4S. The van der Waals surface area contributed by atoms with Gasteiger partial charge in [0.2, 0.25) is 5.91 Å². The number of benzene rings is 2. The van der Waals surface area contributed by atoms with Gasteiger partial charge < -0.3 is 15.7 Å². The molecular weight excluding hydrogens is 546 g/mol. The Balaban J connectivity index is 0.00000760. The summed E-state index contributed by atoms with van der Waals surface area (Å²) in [6.45, 7) is 6.54. The number of carbonyl (C=O) groups excluding carboxylic acids is 1. The predicted octanol–water partition coefficient (Wildman–Crippen LogP) is 4.90. The lowest BCUT2D eigenvalue weighted by Crippen LogP contribution is -2.49. The molecule has 2 rings (SSSR count). The summed E-state index contributed by atoms with van der Waals surface area (Å²) >= 11 is 0. The van der Waals surface area contributed by atoms with Gasteiger partial charge >= 0.3 is 0 Å². The monoisotopic (exact) mass is 588 g/mol. The maximum atomic E-state index is 13.8. The molecule has 6 nitrogen and oxygen atoms in total. The third-order valence-electron chi connectivity index (χ3n) is 6.61. The van der Waals surface area contributed by atoms with E-state index in [0.717, 1.165) is 43.0 Å². The minimum Gasteiger partial charge on any atom is -0.390 e. The fourth-order valence-electron chi connectivity index (χ4n) is 4.56. The molecule has 0 spiro atoms. The summed E-state index contributed by atoms with van der Waals surface area (Å²) in [6.07, 6.45) is 2.15. The van der Waals surface area contributed by atoms with Crippen molar-refractivity contribution in [2.24, 2.45) is 0 Å². The Morgan fingerprint density at radius 1 is 0.949 bits per heavy atom. The maximum Gasteiger partial charge on any atom is 0.221 e. The highest BCUT2D eigenvalue weighted by Crippen LogP contribution is 2.17. The Labute approximate surface area is 238 Å². The summed E-state index contributed by atoms with van der Waals surface area (Å²) in [5.41, 5.74) is 2.52. The summed E-state index contributed by atoms with van der Waals surface area (Å²) in [7, 11) is -3.45. The van der Waals surface area contributed by atoms with Crippen molar-refractivity contribution in [1.29, 1.82) is 0 Å². The fraction of sp³-hybridized carbons (Fsp3) is 0.552. The molecule has 0 unspecified atom stereocenters. The van der Waals surface area contributed by atoms with Crippen molar-refractivity contribution < 1.29 is 27.1 Å². The van der Waals surface area contributed by atoms with E-state index in [0.29, 0.717) is 19.4 Å². The van der Waals surface area contributed by atoms with Crippen LogP contribution in [0.2, 0.25) is 0 Å². The van der Waals surface area contributed by atoms with Crippen molar-refractivity contribution in [2.45, 2.75) is 89.7 Å². The second kappa shape index (κ2) is 17.6. The first-order valence-electron chi connectivity index (χ1n) is 13.5. The third-order valence-corrected chi connectivity index (χ3v) is 8.87. The lowest BCUT2D eigenvalue weighted by atomic mass is 10.00. The minimum absolute atomic E-state index is 0. The predicted molar refractivity (Wildman–Crippen MR) is 155 cm³/mol. The van der Waals surface area contributed by atoms with Crippen LogP contribution in [-0.2, 0) is 34.0 Å². The molecule has 2 aromatic rings. The van der Waals surface area contributed by atoms with Crippen LogP contribution in [0.4, 0.5) is 8.78 Å². The molecule has 1 amide bonds. The lowest BCUT2D eigenvalue weighted by molar-refractivity contribution is -0.122. The van der Waals surface area contributed by atoms with Crippen LogP contribution in [0.5, 0.6) is 0 Å². The lowest BCUT2D eigenvalue weighted by Gasteiger charge is -2.25. The summed E-state index contributed by atoms with van der Waals surface area (Å²) in [6, 6.07) is 10.2. The second-order valence-electron chi connectivity index (χ2n) is 9.84. The van der Waals surface area contributed by atoms with Crippen molar-refractivity contribution in [2.75, 3.05) is 12.3 Å². The van der Waals surface area contributed by atoms with E-state index in [4.69, 9.17) is 0 Å². The van der Waals surface area contributed by atoms with E-state index in [1.807, 2.05) is 32.0 Å². The number of amides is 1. The first-order chi connectivity index (χ1) is 18.1. The number of aliphatic hydroxyl groups excluding tert-OH is 1. The Kier molecular flexibility index (Phi) is 15.8. The van der Waals surface area contributed by atoms with E-state index >= 15 is 0 Å². The molecule has 0 aliphatic heterocycles. The number of hydrogen-bond acceptors (Lipinski definition) is 5. The molecule has 0 saturated heterocycles. The van der Waals surface area contributed by atoms with Gasteiger partial charge in [0.15, 0.2) is 9.84 Å². The van der Waals surface area contributed by atoms with Crippen molar-refractivity contribution in [3.63, 3.8) is 0 Å². The molecule has 0 heterocycles. The van der Waals surface area contributed by atoms with Gasteiger partial charge in [-0.05, 0) is 54.5 Å². The molecule has 0 fully saturated rings. The van der Waals surface area contributed by atoms with Gasteiger partial charge in [0.1, 0.15) is 11.6 Å². The van der Waals surface area contributed by atoms with Crippen LogP contribution in [-0.4, -0.2) is 49.1 Å². The van der Waals surface area contributed by atoms with Crippen LogP contribution in [0.15, 0.2) is 42.5 Å². The average Bonchev–Trinajstić information content (AvgIpc) is 2.86. The first kappa shape index (κ1) is 35.0. The van der Waals surface area contributed by atoms with Crippen LogP contribution in [0.1, 0.15) is 69.6 Å². The molecule has 2 atom stereocenters. The summed E-state index contributed by atoms with van der Waals surface area (Å²) in [5, 5.41) is 16.3. The maximum absolute atomic E-state index is 13.8. The molecule has 10 heteroatoms. The molecule has 2 aromatic carbocycles.